The lowest BCUT2D eigenvalue weighted by molar-refractivity contribution is 0.125. The molecule has 0 aromatic heterocycles. The molecule has 1 heterocycles. The molecule has 1 aliphatic rings. The van der Waals surface area contributed by atoms with Crippen molar-refractivity contribution in [1.82, 2.24) is 5.06 Å². The Morgan fingerprint density at radius 1 is 0.955 bits per heavy atom. The largest absolute Gasteiger partial charge is 0.784 e. The van der Waals surface area contributed by atoms with Crippen LogP contribution in [0.5, 0.6) is 0 Å². The number of nitrogens with zero attached hydrogens (tertiary/aromatic N) is 1. The number of rotatable bonds is 6. The van der Waals surface area contributed by atoms with Gasteiger partial charge in [0.15, 0.2) is 0 Å². The molecule has 0 saturated carbocycles. The molecule has 1 fully saturated rings. The predicted octanol–water partition coefficient (Wildman–Crippen LogP) is 1.20. The highest BCUT2D eigenvalue weighted by Crippen LogP contribution is 2.49. The monoisotopic (exact) mass is 390 g/mol. The minimum absolute atomic E-state index is 0.0350. The average molecular weight is 391 g/mol. The van der Waals surface area contributed by atoms with E-state index in [1.807, 2.05) is 0 Å². The molecule has 1 aliphatic heterocycles. The normalized spacial score (nSPS) is 33.2. The summed E-state index contributed by atoms with van der Waals surface area (Å²) in [5.41, 5.74) is -1.65. The molecule has 0 aliphatic carbocycles. The van der Waals surface area contributed by atoms with E-state index >= 15 is 0 Å². The third-order valence-electron chi connectivity index (χ3n) is 4.62. The highest BCUT2D eigenvalue weighted by Gasteiger charge is 2.55. The summed E-state index contributed by atoms with van der Waals surface area (Å²) in [5, 5.41) is 13.7. The van der Waals surface area contributed by atoms with E-state index in [0.717, 1.165) is 5.06 Å². The first-order valence-corrected chi connectivity index (χ1v) is 11.9. The lowest BCUT2D eigenvalue weighted by atomic mass is 9.79. The fraction of sp³-hybridized carbons (Fsp3) is 1.00. The smallest absolute Gasteiger partial charge is 0.144 e. The Morgan fingerprint density at radius 2 is 1.23 bits per heavy atom. The predicted molar refractivity (Wildman–Crippen MR) is 95.1 cm³/mol. The second-order valence-electron chi connectivity index (χ2n) is 6.60. The SMILES string of the molecule is COS(=O)(=S)CC1C(CS(=O)(=S)OC)C(C)(C)N([O-])C1(C)C. The number of hydrogen-bond donors (Lipinski definition) is 0. The molecule has 10 heteroatoms. The molecule has 0 amide bonds. The van der Waals surface area contributed by atoms with Crippen LogP contribution in [0.1, 0.15) is 27.7 Å². The maximum atomic E-state index is 12.7. The van der Waals surface area contributed by atoms with E-state index in [1.165, 1.54) is 14.2 Å². The fourth-order valence-corrected chi connectivity index (χ4v) is 6.56. The maximum absolute atomic E-state index is 12.7. The molecular formula is C12H24NO5S4-. The van der Waals surface area contributed by atoms with Crippen molar-refractivity contribution in [3.63, 3.8) is 0 Å². The second-order valence-corrected chi connectivity index (χ2v) is 13.2. The molecule has 0 aromatic rings. The molecule has 1 rings (SSSR count). The van der Waals surface area contributed by atoms with Gasteiger partial charge in [0, 0.05) is 33.5 Å². The lowest BCUT2D eigenvalue weighted by Crippen LogP contribution is -2.47. The molecule has 0 spiro atoms. The van der Waals surface area contributed by atoms with E-state index in [-0.39, 0.29) is 23.3 Å². The van der Waals surface area contributed by atoms with Gasteiger partial charge in [0.05, 0.1) is 25.7 Å². The minimum Gasteiger partial charge on any atom is -0.784 e. The van der Waals surface area contributed by atoms with E-state index in [9.17, 15) is 13.6 Å². The summed E-state index contributed by atoms with van der Waals surface area (Å²) in [6.45, 7) is 7.08. The van der Waals surface area contributed by atoms with Crippen LogP contribution in [0.4, 0.5) is 0 Å². The third kappa shape index (κ3) is 3.97. The molecule has 6 nitrogen and oxygen atoms in total. The molecule has 4 unspecified atom stereocenters. The standard InChI is InChI=1S/C12H24NO5S4/c1-11(2)9(7-21(15,19)17-5)10(8-22(16,20)18-6)12(3,4)13(11)14/h9-10H,7-8H2,1-6H3/q-1. The van der Waals surface area contributed by atoms with Gasteiger partial charge in [-0.1, -0.05) is 0 Å². The highest BCUT2D eigenvalue weighted by atomic mass is 32.8. The van der Waals surface area contributed by atoms with Gasteiger partial charge in [-0.25, -0.2) is 8.42 Å². The van der Waals surface area contributed by atoms with Crippen molar-refractivity contribution in [3.05, 3.63) is 5.21 Å². The Morgan fingerprint density at radius 3 is 1.45 bits per heavy atom. The van der Waals surface area contributed by atoms with Gasteiger partial charge >= 0.3 is 0 Å². The maximum Gasteiger partial charge on any atom is 0.144 e. The molecule has 1 saturated heterocycles. The van der Waals surface area contributed by atoms with Gasteiger partial charge in [0.25, 0.3) is 0 Å². The van der Waals surface area contributed by atoms with Crippen LogP contribution in [0.15, 0.2) is 0 Å². The highest BCUT2D eigenvalue weighted by molar-refractivity contribution is 8.30. The van der Waals surface area contributed by atoms with Gasteiger partial charge in [0.1, 0.15) is 17.5 Å². The molecule has 0 bridgehead atoms. The van der Waals surface area contributed by atoms with E-state index in [1.54, 1.807) is 27.7 Å². The summed E-state index contributed by atoms with van der Waals surface area (Å²) in [7, 11) is -3.31. The molecule has 4 atom stereocenters. The van der Waals surface area contributed by atoms with Crippen molar-refractivity contribution < 1.29 is 16.8 Å². The molecule has 0 aromatic carbocycles. The molecule has 22 heavy (non-hydrogen) atoms. The Labute approximate surface area is 143 Å². The minimum atomic E-state index is -2.94. The zero-order chi connectivity index (χ0) is 17.6. The molecule has 0 N–H and O–H groups in total. The second kappa shape index (κ2) is 6.47. The van der Waals surface area contributed by atoms with Crippen molar-refractivity contribution in [1.29, 1.82) is 0 Å². The van der Waals surface area contributed by atoms with Crippen LogP contribution < -0.4 is 0 Å². The molecular weight excluding hydrogens is 366 g/mol. The Bertz CT molecular complexity index is 557. The quantitative estimate of drug-likeness (QED) is 0.669. The van der Waals surface area contributed by atoms with E-state index in [2.05, 4.69) is 0 Å². The number of hydroxylamine groups is 2. The van der Waals surface area contributed by atoms with Gasteiger partial charge in [0.2, 0.25) is 0 Å². The van der Waals surface area contributed by atoms with Crippen molar-refractivity contribution in [2.24, 2.45) is 11.8 Å². The molecule has 132 valence electrons. The Hall–Kier alpha value is 0.580. The third-order valence-corrected chi connectivity index (χ3v) is 8.81. The topological polar surface area (TPSA) is 78.9 Å². The van der Waals surface area contributed by atoms with E-state index in [0.29, 0.717) is 0 Å². The van der Waals surface area contributed by atoms with Crippen LogP contribution in [-0.4, -0.2) is 50.3 Å². The van der Waals surface area contributed by atoms with E-state index < -0.39 is 28.6 Å². The zero-order valence-electron chi connectivity index (χ0n) is 13.7. The summed E-state index contributed by atoms with van der Waals surface area (Å²) >= 11 is 9.95. The number of hydrogen-bond acceptors (Lipinski definition) is 8. The Kier molecular flexibility index (Phi) is 6.07. The van der Waals surface area contributed by atoms with Crippen LogP contribution in [-0.2, 0) is 48.3 Å². The summed E-state index contributed by atoms with van der Waals surface area (Å²) in [4.78, 5) is 0. The molecule has 0 radical (unpaired) electrons. The van der Waals surface area contributed by atoms with Crippen LogP contribution >= 0.6 is 0 Å². The summed E-state index contributed by atoms with van der Waals surface area (Å²) in [6, 6.07) is 0. The van der Waals surface area contributed by atoms with Crippen LogP contribution in [0.2, 0.25) is 0 Å². The lowest BCUT2D eigenvalue weighted by Gasteiger charge is -2.48. The van der Waals surface area contributed by atoms with Crippen molar-refractivity contribution in [3.8, 4) is 0 Å². The first-order valence-electron chi connectivity index (χ1n) is 6.75. The van der Waals surface area contributed by atoms with Crippen LogP contribution in [0, 0.1) is 17.0 Å². The van der Waals surface area contributed by atoms with Gasteiger partial charge in [-0.2, -0.15) is 0 Å². The first kappa shape index (κ1) is 20.6. The van der Waals surface area contributed by atoms with E-state index in [4.69, 9.17) is 30.7 Å². The van der Waals surface area contributed by atoms with Crippen molar-refractivity contribution >= 4 is 39.9 Å². The average Bonchev–Trinajstić information content (AvgIpc) is 2.51. The summed E-state index contributed by atoms with van der Waals surface area (Å²) < 4.78 is 34.3. The van der Waals surface area contributed by atoms with Gasteiger partial charge in [-0.15, -0.1) is 0 Å². The first-order chi connectivity index (χ1) is 9.71. The van der Waals surface area contributed by atoms with Crippen LogP contribution in [0.25, 0.3) is 0 Å². The fourth-order valence-electron chi connectivity index (χ4n) is 3.24. The van der Waals surface area contributed by atoms with Crippen molar-refractivity contribution in [2.45, 2.75) is 38.8 Å². The summed E-state index contributed by atoms with van der Waals surface area (Å²) in [6.07, 6.45) is 0. The van der Waals surface area contributed by atoms with Crippen LogP contribution in [0.3, 0.4) is 0 Å². The summed E-state index contributed by atoms with van der Waals surface area (Å²) in [5.74, 6) is -0.673. The van der Waals surface area contributed by atoms with Gasteiger partial charge in [-0.05, 0) is 39.5 Å². The Balaban J connectivity index is 3.33. The zero-order valence-corrected chi connectivity index (χ0v) is 17.0. The van der Waals surface area contributed by atoms with Gasteiger partial charge in [-0.3, -0.25) is 8.37 Å². The van der Waals surface area contributed by atoms with Gasteiger partial charge < -0.3 is 10.3 Å². The van der Waals surface area contributed by atoms with Crippen molar-refractivity contribution in [2.75, 3.05) is 25.7 Å².